The van der Waals surface area contributed by atoms with Gasteiger partial charge >= 0.3 is 0 Å². The van der Waals surface area contributed by atoms with Crippen molar-refractivity contribution < 1.29 is 4.39 Å². The molecule has 1 aromatic heterocycles. The van der Waals surface area contributed by atoms with Crippen LogP contribution in [0.1, 0.15) is 47.0 Å². The minimum absolute atomic E-state index is 0.145. The lowest BCUT2D eigenvalue weighted by atomic mass is 9.94. The van der Waals surface area contributed by atoms with Gasteiger partial charge in [0.15, 0.2) is 0 Å². The van der Waals surface area contributed by atoms with Gasteiger partial charge in [-0.2, -0.15) is 0 Å². The molecular formula is C18H23FN2S. The highest BCUT2D eigenvalue weighted by Gasteiger charge is 2.55. The molecule has 1 aliphatic carbocycles. The maximum absolute atomic E-state index is 13.6. The first-order valence-corrected chi connectivity index (χ1v) is 8.77. The molecule has 3 rings (SSSR count). The molecule has 0 N–H and O–H groups in total. The SMILES string of the molecule is CCCC(C)(Sc1ncnc2ccc(F)cc12)C1CC1(C)C. The van der Waals surface area contributed by atoms with Gasteiger partial charge in [-0.15, -0.1) is 0 Å². The quantitative estimate of drug-likeness (QED) is 0.540. The third-order valence-corrected chi connectivity index (χ3v) is 6.36. The molecule has 0 bridgehead atoms. The zero-order chi connectivity index (χ0) is 16.0. The zero-order valence-electron chi connectivity index (χ0n) is 13.7. The number of hydrogen-bond acceptors (Lipinski definition) is 3. The molecular weight excluding hydrogens is 295 g/mol. The van der Waals surface area contributed by atoms with E-state index in [-0.39, 0.29) is 10.6 Å². The number of fused-ring (bicyclic) bond motifs is 1. The van der Waals surface area contributed by atoms with Crippen molar-refractivity contribution in [1.82, 2.24) is 9.97 Å². The first kappa shape index (κ1) is 15.7. The Kier molecular flexibility index (Phi) is 3.92. The van der Waals surface area contributed by atoms with Gasteiger partial charge in [0.05, 0.1) is 5.52 Å². The third-order valence-electron chi connectivity index (χ3n) is 4.89. The van der Waals surface area contributed by atoms with Gasteiger partial charge in [0, 0.05) is 10.1 Å². The first-order chi connectivity index (χ1) is 10.4. The maximum Gasteiger partial charge on any atom is 0.124 e. The molecule has 2 unspecified atom stereocenters. The topological polar surface area (TPSA) is 25.8 Å². The lowest BCUT2D eigenvalue weighted by Gasteiger charge is -2.30. The molecule has 0 amide bonds. The number of hydrogen-bond donors (Lipinski definition) is 0. The summed E-state index contributed by atoms with van der Waals surface area (Å²) in [5.74, 6) is 0.455. The van der Waals surface area contributed by atoms with Gasteiger partial charge in [-0.25, -0.2) is 14.4 Å². The van der Waals surface area contributed by atoms with E-state index < -0.39 is 0 Å². The second kappa shape index (κ2) is 5.48. The molecule has 2 nitrogen and oxygen atoms in total. The summed E-state index contributed by atoms with van der Waals surface area (Å²) in [6.45, 7) is 9.24. The van der Waals surface area contributed by atoms with Crippen molar-refractivity contribution in [2.45, 2.75) is 56.7 Å². The van der Waals surface area contributed by atoms with E-state index in [0.29, 0.717) is 11.3 Å². The van der Waals surface area contributed by atoms with E-state index >= 15 is 0 Å². The number of halogens is 1. The van der Waals surface area contributed by atoms with E-state index in [1.807, 2.05) is 11.8 Å². The number of nitrogens with zero attached hydrogens (tertiary/aromatic N) is 2. The number of aromatic nitrogens is 2. The average Bonchev–Trinajstić information content (AvgIpc) is 3.10. The van der Waals surface area contributed by atoms with Gasteiger partial charge in [-0.3, -0.25) is 0 Å². The van der Waals surface area contributed by atoms with Gasteiger partial charge in [0.1, 0.15) is 17.2 Å². The van der Waals surface area contributed by atoms with Crippen molar-refractivity contribution >= 4 is 22.7 Å². The van der Waals surface area contributed by atoms with E-state index in [0.717, 1.165) is 28.8 Å². The summed E-state index contributed by atoms with van der Waals surface area (Å²) in [7, 11) is 0. The van der Waals surface area contributed by atoms with Crippen LogP contribution in [-0.2, 0) is 0 Å². The van der Waals surface area contributed by atoms with E-state index in [2.05, 4.69) is 37.7 Å². The highest BCUT2D eigenvalue weighted by molar-refractivity contribution is 8.00. The summed E-state index contributed by atoms with van der Waals surface area (Å²) >= 11 is 1.81. The number of thioether (sulfide) groups is 1. The normalized spacial score (nSPS) is 22.5. The molecule has 1 saturated carbocycles. The van der Waals surface area contributed by atoms with Crippen LogP contribution in [0.4, 0.5) is 4.39 Å². The van der Waals surface area contributed by atoms with Crippen LogP contribution in [0.5, 0.6) is 0 Å². The number of rotatable bonds is 5. The van der Waals surface area contributed by atoms with Crippen LogP contribution in [0, 0.1) is 17.2 Å². The van der Waals surface area contributed by atoms with E-state index in [4.69, 9.17) is 0 Å². The fourth-order valence-electron chi connectivity index (χ4n) is 3.61. The Bertz CT molecular complexity index is 701. The molecule has 0 spiro atoms. The molecule has 0 radical (unpaired) electrons. The van der Waals surface area contributed by atoms with E-state index in [9.17, 15) is 4.39 Å². The van der Waals surface area contributed by atoms with Crippen LogP contribution >= 0.6 is 11.8 Å². The van der Waals surface area contributed by atoms with Crippen LogP contribution in [0.15, 0.2) is 29.6 Å². The van der Waals surface area contributed by atoms with Gasteiger partial charge in [-0.05, 0) is 49.3 Å². The Hall–Kier alpha value is -1.16. The zero-order valence-corrected chi connectivity index (χ0v) is 14.5. The van der Waals surface area contributed by atoms with Gasteiger partial charge in [-0.1, -0.05) is 39.0 Å². The Balaban J connectivity index is 1.98. The van der Waals surface area contributed by atoms with Crippen LogP contribution in [-0.4, -0.2) is 14.7 Å². The Labute approximate surface area is 135 Å². The van der Waals surface area contributed by atoms with Crippen LogP contribution in [0.25, 0.3) is 10.9 Å². The Morgan fingerprint density at radius 1 is 1.36 bits per heavy atom. The molecule has 2 aromatic rings. The van der Waals surface area contributed by atoms with Crippen molar-refractivity contribution in [3.05, 3.63) is 30.3 Å². The third kappa shape index (κ3) is 2.85. The monoisotopic (exact) mass is 318 g/mol. The van der Waals surface area contributed by atoms with Gasteiger partial charge in [0.25, 0.3) is 0 Å². The number of benzene rings is 1. The summed E-state index contributed by atoms with van der Waals surface area (Å²) < 4.78 is 13.8. The second-order valence-corrected chi connectivity index (χ2v) is 8.77. The van der Waals surface area contributed by atoms with Gasteiger partial charge in [0.2, 0.25) is 0 Å². The minimum atomic E-state index is -0.229. The summed E-state index contributed by atoms with van der Waals surface area (Å²) in [4.78, 5) is 8.72. The predicted octanol–water partition coefficient (Wildman–Crippen LogP) is 5.47. The standard InChI is InChI=1S/C18H23FN2S/c1-5-8-18(4,15-10-17(15,2)3)22-16-13-9-12(19)6-7-14(13)20-11-21-16/h6-7,9,11,15H,5,8,10H2,1-4H3. The van der Waals surface area contributed by atoms with Crippen LogP contribution < -0.4 is 0 Å². The molecule has 1 fully saturated rings. The summed E-state index contributed by atoms with van der Waals surface area (Å²) in [5, 5.41) is 1.73. The van der Waals surface area contributed by atoms with Crippen molar-refractivity contribution in [2.75, 3.05) is 0 Å². The Morgan fingerprint density at radius 3 is 2.73 bits per heavy atom. The van der Waals surface area contributed by atoms with Crippen LogP contribution in [0.3, 0.4) is 0 Å². The lowest BCUT2D eigenvalue weighted by Crippen LogP contribution is -2.25. The van der Waals surface area contributed by atoms with Crippen molar-refractivity contribution in [3.8, 4) is 0 Å². The summed E-state index contributed by atoms with van der Waals surface area (Å²) in [6.07, 6.45) is 5.14. The van der Waals surface area contributed by atoms with Crippen LogP contribution in [0.2, 0.25) is 0 Å². The first-order valence-electron chi connectivity index (χ1n) is 7.95. The van der Waals surface area contributed by atoms with E-state index in [1.165, 1.54) is 12.5 Å². The fraction of sp³-hybridized carbons (Fsp3) is 0.556. The minimum Gasteiger partial charge on any atom is -0.236 e. The molecule has 0 saturated heterocycles. The molecule has 1 heterocycles. The summed E-state index contributed by atoms with van der Waals surface area (Å²) in [6, 6.07) is 4.75. The summed E-state index contributed by atoms with van der Waals surface area (Å²) in [5.41, 5.74) is 1.22. The molecule has 1 aliphatic rings. The smallest absolute Gasteiger partial charge is 0.124 e. The van der Waals surface area contributed by atoms with Crippen molar-refractivity contribution in [3.63, 3.8) is 0 Å². The average molecular weight is 318 g/mol. The maximum atomic E-state index is 13.6. The van der Waals surface area contributed by atoms with Gasteiger partial charge < -0.3 is 0 Å². The molecule has 1 aromatic carbocycles. The lowest BCUT2D eigenvalue weighted by molar-refractivity contribution is 0.434. The molecule has 0 aliphatic heterocycles. The van der Waals surface area contributed by atoms with Crippen molar-refractivity contribution in [1.29, 1.82) is 0 Å². The molecule has 4 heteroatoms. The second-order valence-electron chi connectivity index (χ2n) is 7.25. The fourth-order valence-corrected chi connectivity index (χ4v) is 5.28. The Morgan fingerprint density at radius 2 is 2.09 bits per heavy atom. The molecule has 2 atom stereocenters. The highest BCUT2D eigenvalue weighted by Crippen LogP contribution is 2.63. The predicted molar refractivity (Wildman–Crippen MR) is 90.6 cm³/mol. The highest BCUT2D eigenvalue weighted by atomic mass is 32.2. The largest absolute Gasteiger partial charge is 0.236 e. The molecule has 22 heavy (non-hydrogen) atoms. The van der Waals surface area contributed by atoms with E-state index in [1.54, 1.807) is 18.5 Å². The van der Waals surface area contributed by atoms with Crippen molar-refractivity contribution in [2.24, 2.45) is 11.3 Å². The molecule has 118 valence electrons.